The molecule has 1 heterocycles. The minimum atomic E-state index is -0.0324. The third kappa shape index (κ3) is 1.11. The number of aromatic nitrogens is 2. The number of hydrogen-bond acceptors (Lipinski definition) is 3. The monoisotopic (exact) mass is 141 g/mol. The topological polar surface area (TPSA) is 64.1 Å². The number of nitrogen functional groups attached to an aromatic ring is 1. The van der Waals surface area contributed by atoms with Crippen LogP contribution in [-0.2, 0) is 0 Å². The van der Waals surface area contributed by atoms with Crippen molar-refractivity contribution < 1.29 is 5.11 Å². The molecule has 1 atom stereocenters. The maximum absolute atomic E-state index is 8.71. The molecule has 4 heteroatoms. The summed E-state index contributed by atoms with van der Waals surface area (Å²) in [4.78, 5) is 0. The predicted molar refractivity (Wildman–Crippen MR) is 38.4 cm³/mol. The largest absolute Gasteiger partial charge is 0.394 e. The summed E-state index contributed by atoms with van der Waals surface area (Å²) in [6.45, 7) is 1.91. The molecule has 1 aromatic heterocycles. The summed E-state index contributed by atoms with van der Waals surface area (Å²) in [6, 6.07) is 1.67. The molecule has 0 saturated heterocycles. The van der Waals surface area contributed by atoms with Crippen LogP contribution in [0, 0.1) is 0 Å². The zero-order valence-corrected chi connectivity index (χ0v) is 5.86. The molecule has 3 N–H and O–H groups in total. The third-order valence-electron chi connectivity index (χ3n) is 1.38. The van der Waals surface area contributed by atoms with E-state index in [0.29, 0.717) is 5.82 Å². The molecule has 0 aromatic carbocycles. The van der Waals surface area contributed by atoms with E-state index in [-0.39, 0.29) is 12.6 Å². The maximum atomic E-state index is 8.71. The highest BCUT2D eigenvalue weighted by Crippen LogP contribution is 2.08. The molecule has 0 saturated carbocycles. The Labute approximate surface area is 59.3 Å². The number of aliphatic hydroxyl groups excluding tert-OH is 1. The highest BCUT2D eigenvalue weighted by Gasteiger charge is 2.04. The van der Waals surface area contributed by atoms with E-state index < -0.39 is 0 Å². The number of hydrogen-bond donors (Lipinski definition) is 2. The van der Waals surface area contributed by atoms with Crippen LogP contribution >= 0.6 is 0 Å². The van der Waals surface area contributed by atoms with Crippen LogP contribution in [-0.4, -0.2) is 21.5 Å². The van der Waals surface area contributed by atoms with Gasteiger partial charge in [0.25, 0.3) is 0 Å². The summed E-state index contributed by atoms with van der Waals surface area (Å²) in [5.74, 6) is 0.585. The van der Waals surface area contributed by atoms with Crippen LogP contribution in [0.15, 0.2) is 12.3 Å². The van der Waals surface area contributed by atoms with Gasteiger partial charge in [0.1, 0.15) is 5.82 Å². The molecular weight excluding hydrogens is 130 g/mol. The lowest BCUT2D eigenvalue weighted by molar-refractivity contribution is 0.231. The van der Waals surface area contributed by atoms with E-state index in [9.17, 15) is 0 Å². The average Bonchev–Trinajstić information content (AvgIpc) is 2.34. The first-order chi connectivity index (χ1) is 4.75. The Balaban J connectivity index is 2.82. The summed E-state index contributed by atoms with van der Waals surface area (Å²) in [5, 5.41) is 12.6. The molecule has 0 aliphatic rings. The minimum absolute atomic E-state index is 0.0324. The van der Waals surface area contributed by atoms with Gasteiger partial charge in [-0.3, -0.25) is 0 Å². The maximum Gasteiger partial charge on any atom is 0.122 e. The molecule has 56 valence electrons. The van der Waals surface area contributed by atoms with Crippen molar-refractivity contribution in [2.75, 3.05) is 12.3 Å². The highest BCUT2D eigenvalue weighted by atomic mass is 16.3. The number of nitrogens with two attached hydrogens (primary N) is 1. The van der Waals surface area contributed by atoms with E-state index in [1.54, 1.807) is 16.9 Å². The lowest BCUT2D eigenvalue weighted by Gasteiger charge is -2.09. The molecule has 0 spiro atoms. The van der Waals surface area contributed by atoms with Crippen molar-refractivity contribution >= 4 is 5.82 Å². The SMILES string of the molecule is CC(CO)n1nccc1N. The average molecular weight is 141 g/mol. The zero-order valence-electron chi connectivity index (χ0n) is 5.86. The first-order valence-electron chi connectivity index (χ1n) is 3.15. The minimum Gasteiger partial charge on any atom is -0.394 e. The second-order valence-corrected chi connectivity index (χ2v) is 2.23. The fourth-order valence-electron chi connectivity index (χ4n) is 0.770. The van der Waals surface area contributed by atoms with E-state index in [4.69, 9.17) is 10.8 Å². The van der Waals surface area contributed by atoms with Crippen LogP contribution in [0.2, 0.25) is 0 Å². The van der Waals surface area contributed by atoms with Crippen LogP contribution < -0.4 is 5.73 Å². The number of rotatable bonds is 2. The molecule has 0 bridgehead atoms. The Kier molecular flexibility index (Phi) is 1.91. The highest BCUT2D eigenvalue weighted by molar-refractivity contribution is 5.26. The summed E-state index contributed by atoms with van der Waals surface area (Å²) < 4.78 is 1.58. The molecule has 0 aliphatic heterocycles. The van der Waals surface area contributed by atoms with Crippen molar-refractivity contribution in [3.05, 3.63) is 12.3 Å². The molecule has 0 radical (unpaired) electrons. The molecule has 4 nitrogen and oxygen atoms in total. The van der Waals surface area contributed by atoms with Gasteiger partial charge in [0.05, 0.1) is 18.8 Å². The van der Waals surface area contributed by atoms with Crippen molar-refractivity contribution in [3.8, 4) is 0 Å². The standard InChI is InChI=1S/C6H11N3O/c1-5(4-10)9-6(7)2-3-8-9/h2-3,5,10H,4,7H2,1H3. The Morgan fingerprint density at radius 3 is 3.00 bits per heavy atom. The normalized spacial score (nSPS) is 13.4. The Morgan fingerprint density at radius 2 is 2.60 bits per heavy atom. The smallest absolute Gasteiger partial charge is 0.122 e. The Hall–Kier alpha value is -1.03. The lowest BCUT2D eigenvalue weighted by atomic mass is 10.4. The zero-order chi connectivity index (χ0) is 7.56. The Bertz CT molecular complexity index is 209. The quantitative estimate of drug-likeness (QED) is 0.610. The van der Waals surface area contributed by atoms with Crippen LogP contribution in [0.25, 0.3) is 0 Å². The predicted octanol–water partition coefficient (Wildman–Crippen LogP) is 0.0186. The third-order valence-corrected chi connectivity index (χ3v) is 1.38. The van der Waals surface area contributed by atoms with Crippen LogP contribution in [0.4, 0.5) is 5.82 Å². The second-order valence-electron chi connectivity index (χ2n) is 2.23. The van der Waals surface area contributed by atoms with Crippen LogP contribution in [0.5, 0.6) is 0 Å². The van der Waals surface area contributed by atoms with Crippen molar-refractivity contribution in [1.82, 2.24) is 9.78 Å². The molecule has 1 rings (SSSR count). The first kappa shape index (κ1) is 7.08. The van der Waals surface area contributed by atoms with E-state index in [1.165, 1.54) is 0 Å². The van der Waals surface area contributed by atoms with E-state index >= 15 is 0 Å². The molecule has 0 fully saturated rings. The summed E-state index contributed by atoms with van der Waals surface area (Å²) >= 11 is 0. The van der Waals surface area contributed by atoms with Gasteiger partial charge in [0.15, 0.2) is 0 Å². The van der Waals surface area contributed by atoms with Gasteiger partial charge in [-0.15, -0.1) is 0 Å². The molecule has 0 amide bonds. The first-order valence-corrected chi connectivity index (χ1v) is 3.15. The van der Waals surface area contributed by atoms with E-state index in [1.807, 2.05) is 6.92 Å². The Morgan fingerprint density at radius 1 is 1.90 bits per heavy atom. The van der Waals surface area contributed by atoms with Crippen molar-refractivity contribution in [3.63, 3.8) is 0 Å². The molecular formula is C6H11N3O. The van der Waals surface area contributed by atoms with Gasteiger partial charge >= 0.3 is 0 Å². The van der Waals surface area contributed by atoms with Gasteiger partial charge in [-0.2, -0.15) is 5.10 Å². The molecule has 1 aromatic rings. The molecule has 0 aliphatic carbocycles. The van der Waals surface area contributed by atoms with Crippen molar-refractivity contribution in [1.29, 1.82) is 0 Å². The van der Waals surface area contributed by atoms with Gasteiger partial charge < -0.3 is 10.8 Å². The summed E-state index contributed by atoms with van der Waals surface area (Å²) in [5.41, 5.74) is 5.51. The van der Waals surface area contributed by atoms with Gasteiger partial charge in [-0.1, -0.05) is 0 Å². The number of aliphatic hydroxyl groups is 1. The molecule has 10 heavy (non-hydrogen) atoms. The molecule has 1 unspecified atom stereocenters. The van der Waals surface area contributed by atoms with E-state index in [0.717, 1.165) is 0 Å². The van der Waals surface area contributed by atoms with E-state index in [2.05, 4.69) is 5.10 Å². The van der Waals surface area contributed by atoms with Crippen LogP contribution in [0.3, 0.4) is 0 Å². The lowest BCUT2D eigenvalue weighted by Crippen LogP contribution is -2.12. The van der Waals surface area contributed by atoms with Gasteiger partial charge in [-0.05, 0) is 13.0 Å². The summed E-state index contributed by atoms with van der Waals surface area (Å²) in [7, 11) is 0. The number of nitrogens with zero attached hydrogens (tertiary/aromatic N) is 2. The van der Waals surface area contributed by atoms with Crippen molar-refractivity contribution in [2.45, 2.75) is 13.0 Å². The van der Waals surface area contributed by atoms with Gasteiger partial charge in [0, 0.05) is 0 Å². The van der Waals surface area contributed by atoms with Crippen molar-refractivity contribution in [2.24, 2.45) is 0 Å². The fraction of sp³-hybridized carbons (Fsp3) is 0.500. The van der Waals surface area contributed by atoms with Crippen LogP contribution in [0.1, 0.15) is 13.0 Å². The second kappa shape index (κ2) is 2.70. The van der Waals surface area contributed by atoms with Gasteiger partial charge in [-0.25, -0.2) is 4.68 Å². The summed E-state index contributed by atoms with van der Waals surface area (Å²) in [6.07, 6.45) is 1.61. The number of anilines is 1. The fourth-order valence-corrected chi connectivity index (χ4v) is 0.770. The van der Waals surface area contributed by atoms with Gasteiger partial charge in [0.2, 0.25) is 0 Å².